The highest BCUT2D eigenvalue weighted by Crippen LogP contribution is 2.23. The van der Waals surface area contributed by atoms with Crippen LogP contribution < -0.4 is 9.88 Å². The summed E-state index contributed by atoms with van der Waals surface area (Å²) in [5.74, 6) is -0.0944. The number of amides is 1. The molecular formula is C19H23ClFN2O+. The van der Waals surface area contributed by atoms with E-state index in [1.807, 2.05) is 23.9 Å². The molecule has 1 N–H and O–H groups in total. The van der Waals surface area contributed by atoms with E-state index in [9.17, 15) is 9.18 Å². The number of carbonyl (C=O) groups is 1. The second-order valence-electron chi connectivity index (χ2n) is 5.88. The first-order valence-electron chi connectivity index (χ1n) is 8.22. The monoisotopic (exact) mass is 349 g/mol. The fourth-order valence-electron chi connectivity index (χ4n) is 2.70. The first-order chi connectivity index (χ1) is 11.5. The third-order valence-corrected chi connectivity index (χ3v) is 4.66. The molecule has 0 fully saturated rings. The SMILES string of the molecule is CCC(CC)c1cc[n+]([C@@H](C)C(=O)Nc2ccc(F)cc2Cl)cc1. The van der Waals surface area contributed by atoms with Gasteiger partial charge in [-0.05, 0) is 42.5 Å². The Morgan fingerprint density at radius 1 is 1.21 bits per heavy atom. The van der Waals surface area contributed by atoms with Crippen molar-refractivity contribution in [2.24, 2.45) is 0 Å². The molecule has 1 heterocycles. The number of hydrogen-bond donors (Lipinski definition) is 1. The van der Waals surface area contributed by atoms with Gasteiger partial charge in [0.25, 0.3) is 5.91 Å². The van der Waals surface area contributed by atoms with Crippen LogP contribution in [0.25, 0.3) is 0 Å². The van der Waals surface area contributed by atoms with Gasteiger partial charge < -0.3 is 5.32 Å². The van der Waals surface area contributed by atoms with E-state index >= 15 is 0 Å². The molecular weight excluding hydrogens is 327 g/mol. The summed E-state index contributed by atoms with van der Waals surface area (Å²) in [6.07, 6.45) is 6.04. The van der Waals surface area contributed by atoms with Crippen molar-refractivity contribution in [1.82, 2.24) is 0 Å². The van der Waals surface area contributed by atoms with Crippen molar-refractivity contribution >= 4 is 23.2 Å². The Balaban J connectivity index is 2.10. The molecule has 1 aromatic carbocycles. The van der Waals surface area contributed by atoms with Crippen LogP contribution in [0.1, 0.15) is 51.1 Å². The lowest BCUT2D eigenvalue weighted by molar-refractivity contribution is -0.705. The maximum Gasteiger partial charge on any atom is 0.293 e. The average Bonchev–Trinajstić information content (AvgIpc) is 2.58. The lowest BCUT2D eigenvalue weighted by Gasteiger charge is -2.13. The van der Waals surface area contributed by atoms with Gasteiger partial charge in [0.05, 0.1) is 10.7 Å². The summed E-state index contributed by atoms with van der Waals surface area (Å²) in [5.41, 5.74) is 1.69. The Bertz CT molecular complexity index is 699. The van der Waals surface area contributed by atoms with Crippen LogP contribution in [0.3, 0.4) is 0 Å². The van der Waals surface area contributed by atoms with E-state index in [0.717, 1.165) is 12.8 Å². The second kappa shape index (κ2) is 8.25. The van der Waals surface area contributed by atoms with Crippen molar-refractivity contribution in [3.63, 3.8) is 0 Å². The molecule has 2 aromatic rings. The molecule has 0 aliphatic carbocycles. The lowest BCUT2D eigenvalue weighted by atomic mass is 9.95. The van der Waals surface area contributed by atoms with Crippen LogP contribution in [0, 0.1) is 5.82 Å². The number of hydrogen-bond acceptors (Lipinski definition) is 1. The zero-order valence-electron chi connectivity index (χ0n) is 14.2. The van der Waals surface area contributed by atoms with Crippen LogP contribution in [0.15, 0.2) is 42.7 Å². The smallest absolute Gasteiger partial charge is 0.293 e. The molecule has 24 heavy (non-hydrogen) atoms. The minimum Gasteiger partial charge on any atom is -0.319 e. The number of carbonyl (C=O) groups excluding carboxylic acids is 1. The molecule has 0 aliphatic rings. The Hall–Kier alpha value is -1.94. The molecule has 1 amide bonds. The van der Waals surface area contributed by atoms with Crippen LogP contribution in [0.4, 0.5) is 10.1 Å². The van der Waals surface area contributed by atoms with Gasteiger partial charge in [0.1, 0.15) is 5.82 Å². The molecule has 0 radical (unpaired) electrons. The Morgan fingerprint density at radius 2 is 1.83 bits per heavy atom. The molecule has 0 spiro atoms. The van der Waals surface area contributed by atoms with Gasteiger partial charge in [0.2, 0.25) is 6.04 Å². The van der Waals surface area contributed by atoms with Crippen LogP contribution in [0.2, 0.25) is 5.02 Å². The van der Waals surface area contributed by atoms with Crippen LogP contribution in [-0.2, 0) is 4.79 Å². The highest BCUT2D eigenvalue weighted by Gasteiger charge is 2.23. The van der Waals surface area contributed by atoms with Crippen molar-refractivity contribution in [3.8, 4) is 0 Å². The third-order valence-electron chi connectivity index (χ3n) is 4.35. The molecule has 0 aliphatic heterocycles. The number of nitrogens with zero attached hydrogens (tertiary/aromatic N) is 1. The number of pyridine rings is 1. The van der Waals surface area contributed by atoms with E-state index in [1.54, 1.807) is 0 Å². The summed E-state index contributed by atoms with van der Waals surface area (Å²) in [6.45, 7) is 6.17. The number of halogens is 2. The van der Waals surface area contributed by atoms with Gasteiger partial charge in [-0.2, -0.15) is 4.57 Å². The van der Waals surface area contributed by atoms with Crippen LogP contribution in [-0.4, -0.2) is 5.91 Å². The summed E-state index contributed by atoms with van der Waals surface area (Å²) in [6, 6.07) is 7.63. The van der Waals surface area contributed by atoms with Crippen LogP contribution >= 0.6 is 11.6 Å². The van der Waals surface area contributed by atoms with E-state index < -0.39 is 11.9 Å². The summed E-state index contributed by atoms with van der Waals surface area (Å²) >= 11 is 5.95. The first-order valence-corrected chi connectivity index (χ1v) is 8.60. The lowest BCUT2D eigenvalue weighted by Crippen LogP contribution is -2.44. The molecule has 0 saturated carbocycles. The van der Waals surface area contributed by atoms with Gasteiger partial charge in [0, 0.05) is 19.1 Å². The van der Waals surface area contributed by atoms with Crippen molar-refractivity contribution in [2.75, 3.05) is 5.32 Å². The number of benzene rings is 1. The Morgan fingerprint density at radius 3 is 2.38 bits per heavy atom. The zero-order chi connectivity index (χ0) is 17.7. The molecule has 128 valence electrons. The van der Waals surface area contributed by atoms with E-state index in [4.69, 9.17) is 11.6 Å². The molecule has 5 heteroatoms. The number of rotatable bonds is 6. The quantitative estimate of drug-likeness (QED) is 0.741. The van der Waals surface area contributed by atoms with Crippen molar-refractivity contribution in [3.05, 3.63) is 59.1 Å². The molecule has 0 saturated heterocycles. The van der Waals surface area contributed by atoms with E-state index in [-0.39, 0.29) is 10.9 Å². The fourth-order valence-corrected chi connectivity index (χ4v) is 2.92. The maximum atomic E-state index is 13.1. The fraction of sp³-hybridized carbons (Fsp3) is 0.368. The summed E-state index contributed by atoms with van der Waals surface area (Å²) in [4.78, 5) is 12.4. The minimum atomic E-state index is -0.433. The summed E-state index contributed by atoms with van der Waals surface area (Å²) < 4.78 is 14.9. The predicted molar refractivity (Wildman–Crippen MR) is 94.7 cm³/mol. The Labute approximate surface area is 147 Å². The van der Waals surface area contributed by atoms with Crippen molar-refractivity contribution in [2.45, 2.75) is 45.6 Å². The largest absolute Gasteiger partial charge is 0.319 e. The highest BCUT2D eigenvalue weighted by atomic mass is 35.5. The van der Waals surface area contributed by atoms with Gasteiger partial charge in [-0.15, -0.1) is 0 Å². The van der Waals surface area contributed by atoms with E-state index in [1.165, 1.54) is 23.8 Å². The van der Waals surface area contributed by atoms with Crippen molar-refractivity contribution < 1.29 is 13.8 Å². The molecule has 3 nitrogen and oxygen atoms in total. The molecule has 1 atom stereocenters. The third kappa shape index (κ3) is 4.32. The van der Waals surface area contributed by atoms with Gasteiger partial charge in [0.15, 0.2) is 12.4 Å². The Kier molecular flexibility index (Phi) is 6.32. The van der Waals surface area contributed by atoms with E-state index in [0.29, 0.717) is 11.6 Å². The molecule has 0 unspecified atom stereocenters. The van der Waals surface area contributed by atoms with Crippen LogP contribution in [0.5, 0.6) is 0 Å². The minimum absolute atomic E-state index is 0.185. The van der Waals surface area contributed by atoms with Gasteiger partial charge in [-0.1, -0.05) is 25.4 Å². The zero-order valence-corrected chi connectivity index (χ0v) is 15.0. The summed E-state index contributed by atoms with van der Waals surface area (Å²) in [5, 5.41) is 2.92. The number of nitrogens with one attached hydrogen (secondary N) is 1. The number of aromatic nitrogens is 1. The second-order valence-corrected chi connectivity index (χ2v) is 6.29. The van der Waals surface area contributed by atoms with Gasteiger partial charge in [-0.25, -0.2) is 4.39 Å². The molecule has 0 bridgehead atoms. The molecule has 1 aromatic heterocycles. The summed E-state index contributed by atoms with van der Waals surface area (Å²) in [7, 11) is 0. The van der Waals surface area contributed by atoms with Gasteiger partial charge in [-0.3, -0.25) is 4.79 Å². The van der Waals surface area contributed by atoms with Gasteiger partial charge >= 0.3 is 0 Å². The van der Waals surface area contributed by atoms with E-state index in [2.05, 4.69) is 31.3 Å². The first kappa shape index (κ1) is 18.4. The number of anilines is 1. The molecule has 2 rings (SSSR count). The topological polar surface area (TPSA) is 33.0 Å². The maximum absolute atomic E-state index is 13.1. The highest BCUT2D eigenvalue weighted by molar-refractivity contribution is 6.33. The van der Waals surface area contributed by atoms with Crippen molar-refractivity contribution in [1.29, 1.82) is 0 Å². The normalized spacial score (nSPS) is 12.2. The predicted octanol–water partition coefficient (Wildman–Crippen LogP) is 4.87. The average molecular weight is 350 g/mol. The standard InChI is InChI=1S/C19H22ClFN2O/c1-4-14(5-2)15-8-10-23(11-9-15)13(3)19(24)22-18-7-6-16(21)12-17(18)20/h6-14H,4-5H2,1-3H3/p+1/t13-/m0/s1.